The molecule has 4 rings (SSSR count). The number of methoxy groups -OCH3 is 2. The van der Waals surface area contributed by atoms with Crippen LogP contribution in [0.15, 0.2) is 47.8 Å². The number of nitrogens with one attached hydrogen (secondary N) is 1. The highest BCUT2D eigenvalue weighted by atomic mass is 32.1. The van der Waals surface area contributed by atoms with Crippen LogP contribution in [-0.2, 0) is 29.0 Å². The standard InChI is InChI=1S/C26H31N3O4S/c1-18-15-29(9-10-33-18)16-20-6-4-5-19(11-20)14-27-25(30)13-22-17-34-26(28-22)21-7-8-23(31-2)24(12-21)32-3/h4-8,11-12,17-18H,9-10,13-16H2,1-3H3,(H,27,30). The molecule has 180 valence electrons. The van der Waals surface area contributed by atoms with Gasteiger partial charge in [0.1, 0.15) is 5.01 Å². The minimum Gasteiger partial charge on any atom is -0.493 e. The van der Waals surface area contributed by atoms with Crippen molar-refractivity contribution in [3.05, 3.63) is 64.7 Å². The van der Waals surface area contributed by atoms with Crippen LogP contribution in [0.5, 0.6) is 11.5 Å². The number of thiazole rings is 1. The number of ether oxygens (including phenoxy) is 3. The second kappa shape index (κ2) is 11.5. The van der Waals surface area contributed by atoms with Gasteiger partial charge >= 0.3 is 0 Å². The molecule has 1 aromatic heterocycles. The van der Waals surface area contributed by atoms with Crippen molar-refractivity contribution in [2.75, 3.05) is 33.9 Å². The molecule has 0 aliphatic carbocycles. The summed E-state index contributed by atoms with van der Waals surface area (Å²) in [4.78, 5) is 19.6. The van der Waals surface area contributed by atoms with Crippen LogP contribution in [0.1, 0.15) is 23.7 Å². The van der Waals surface area contributed by atoms with E-state index in [0.29, 0.717) is 18.0 Å². The first-order valence-corrected chi connectivity index (χ1v) is 12.3. The predicted molar refractivity (Wildman–Crippen MR) is 133 cm³/mol. The van der Waals surface area contributed by atoms with Gasteiger partial charge in [-0.15, -0.1) is 11.3 Å². The zero-order valence-electron chi connectivity index (χ0n) is 19.9. The van der Waals surface area contributed by atoms with Crippen LogP contribution in [0.4, 0.5) is 0 Å². The van der Waals surface area contributed by atoms with Gasteiger partial charge in [-0.1, -0.05) is 24.3 Å². The number of morpholine rings is 1. The van der Waals surface area contributed by atoms with Crippen LogP contribution in [0.2, 0.25) is 0 Å². The Morgan fingerprint density at radius 1 is 1.18 bits per heavy atom. The normalized spacial score (nSPS) is 16.3. The van der Waals surface area contributed by atoms with E-state index in [1.54, 1.807) is 14.2 Å². The van der Waals surface area contributed by atoms with Gasteiger partial charge in [0.25, 0.3) is 0 Å². The van der Waals surface area contributed by atoms with Crippen molar-refractivity contribution in [3.8, 4) is 22.1 Å². The molecule has 8 heteroatoms. The van der Waals surface area contributed by atoms with Crippen molar-refractivity contribution in [1.29, 1.82) is 0 Å². The summed E-state index contributed by atoms with van der Waals surface area (Å²) in [5.41, 5.74) is 4.03. The third kappa shape index (κ3) is 6.34. The van der Waals surface area contributed by atoms with Crippen molar-refractivity contribution in [2.24, 2.45) is 0 Å². The topological polar surface area (TPSA) is 72.9 Å². The third-order valence-corrected chi connectivity index (χ3v) is 6.68. The number of carbonyl (C=O) groups is 1. The molecular weight excluding hydrogens is 450 g/mol. The fourth-order valence-corrected chi connectivity index (χ4v) is 4.86. The lowest BCUT2D eigenvalue weighted by Crippen LogP contribution is -2.40. The monoisotopic (exact) mass is 481 g/mol. The highest BCUT2D eigenvalue weighted by Crippen LogP contribution is 2.33. The molecule has 1 saturated heterocycles. The Morgan fingerprint density at radius 3 is 2.79 bits per heavy atom. The maximum Gasteiger partial charge on any atom is 0.226 e. The minimum absolute atomic E-state index is 0.0448. The molecule has 0 spiro atoms. The van der Waals surface area contributed by atoms with Crippen LogP contribution < -0.4 is 14.8 Å². The van der Waals surface area contributed by atoms with Gasteiger partial charge in [-0.25, -0.2) is 4.98 Å². The van der Waals surface area contributed by atoms with Gasteiger partial charge in [0.15, 0.2) is 11.5 Å². The molecule has 1 N–H and O–H groups in total. The second-order valence-corrected chi connectivity index (χ2v) is 9.26. The van der Waals surface area contributed by atoms with Crippen molar-refractivity contribution in [3.63, 3.8) is 0 Å². The first-order valence-electron chi connectivity index (χ1n) is 11.4. The van der Waals surface area contributed by atoms with E-state index < -0.39 is 0 Å². The summed E-state index contributed by atoms with van der Waals surface area (Å²) in [6, 6.07) is 14.1. The van der Waals surface area contributed by atoms with Crippen molar-refractivity contribution in [1.82, 2.24) is 15.2 Å². The molecule has 1 amide bonds. The molecule has 0 radical (unpaired) electrons. The first kappa shape index (κ1) is 24.2. The van der Waals surface area contributed by atoms with Gasteiger partial charge in [0.05, 0.1) is 39.0 Å². The Morgan fingerprint density at radius 2 is 2.00 bits per heavy atom. The number of amides is 1. The number of rotatable bonds is 9. The molecule has 0 bridgehead atoms. The Bertz CT molecular complexity index is 1120. The number of hydrogen-bond donors (Lipinski definition) is 1. The maximum atomic E-state index is 12.5. The van der Waals surface area contributed by atoms with Gasteiger partial charge in [0, 0.05) is 37.1 Å². The summed E-state index contributed by atoms with van der Waals surface area (Å²) < 4.78 is 16.3. The highest BCUT2D eigenvalue weighted by Gasteiger charge is 2.17. The average Bonchev–Trinajstić information content (AvgIpc) is 3.31. The summed E-state index contributed by atoms with van der Waals surface area (Å²) in [5, 5.41) is 5.79. The molecule has 3 aromatic rings. The van der Waals surface area contributed by atoms with Crippen LogP contribution in [0.25, 0.3) is 10.6 Å². The smallest absolute Gasteiger partial charge is 0.226 e. The van der Waals surface area contributed by atoms with E-state index in [4.69, 9.17) is 14.2 Å². The molecule has 1 unspecified atom stereocenters. The first-order chi connectivity index (χ1) is 16.5. The Hall–Kier alpha value is -2.94. The van der Waals surface area contributed by atoms with Gasteiger partial charge in [-0.05, 0) is 36.2 Å². The van der Waals surface area contributed by atoms with Crippen LogP contribution in [-0.4, -0.2) is 55.8 Å². The third-order valence-electron chi connectivity index (χ3n) is 5.74. The van der Waals surface area contributed by atoms with E-state index >= 15 is 0 Å². The number of nitrogens with zero attached hydrogens (tertiary/aromatic N) is 2. The Labute approximate surface area is 204 Å². The molecule has 2 aromatic carbocycles. The zero-order valence-corrected chi connectivity index (χ0v) is 20.7. The average molecular weight is 482 g/mol. The van der Waals surface area contributed by atoms with Gasteiger partial charge in [0.2, 0.25) is 5.91 Å². The quantitative estimate of drug-likeness (QED) is 0.500. The summed E-state index contributed by atoms with van der Waals surface area (Å²) >= 11 is 1.51. The lowest BCUT2D eigenvalue weighted by atomic mass is 10.1. The van der Waals surface area contributed by atoms with Crippen molar-refractivity contribution in [2.45, 2.75) is 32.5 Å². The van der Waals surface area contributed by atoms with E-state index in [-0.39, 0.29) is 18.4 Å². The van der Waals surface area contributed by atoms with Crippen LogP contribution >= 0.6 is 11.3 Å². The molecule has 2 heterocycles. The van der Waals surface area contributed by atoms with Gasteiger partial charge in [-0.2, -0.15) is 0 Å². The van der Waals surface area contributed by atoms with E-state index in [1.165, 1.54) is 16.9 Å². The number of aromatic nitrogens is 1. The van der Waals surface area contributed by atoms with E-state index in [2.05, 4.69) is 40.3 Å². The summed E-state index contributed by atoms with van der Waals surface area (Å²) in [5.74, 6) is 1.28. The number of carbonyl (C=O) groups excluding carboxylic acids is 1. The van der Waals surface area contributed by atoms with Gasteiger partial charge in [-0.3, -0.25) is 9.69 Å². The molecule has 1 aliphatic heterocycles. The summed E-state index contributed by atoms with van der Waals surface area (Å²) in [6.07, 6.45) is 0.518. The molecule has 34 heavy (non-hydrogen) atoms. The molecule has 7 nitrogen and oxygen atoms in total. The maximum absolute atomic E-state index is 12.5. The zero-order chi connectivity index (χ0) is 23.9. The van der Waals surface area contributed by atoms with Gasteiger partial charge < -0.3 is 19.5 Å². The highest BCUT2D eigenvalue weighted by molar-refractivity contribution is 7.13. The molecule has 0 saturated carbocycles. The SMILES string of the molecule is COc1ccc(-c2nc(CC(=O)NCc3cccc(CN4CCOC(C)C4)c3)cs2)cc1OC. The van der Waals surface area contributed by atoms with Crippen LogP contribution in [0.3, 0.4) is 0 Å². The van der Waals surface area contributed by atoms with Crippen molar-refractivity contribution >= 4 is 17.2 Å². The fourth-order valence-electron chi connectivity index (χ4n) is 4.05. The predicted octanol–water partition coefficient (Wildman–Crippen LogP) is 3.91. The lowest BCUT2D eigenvalue weighted by molar-refractivity contribution is -0.120. The van der Waals surface area contributed by atoms with E-state index in [1.807, 2.05) is 29.6 Å². The largest absolute Gasteiger partial charge is 0.493 e. The summed E-state index contributed by atoms with van der Waals surface area (Å²) in [6.45, 7) is 6.18. The van der Waals surface area contributed by atoms with E-state index in [0.717, 1.165) is 48.1 Å². The summed E-state index contributed by atoms with van der Waals surface area (Å²) in [7, 11) is 3.22. The van der Waals surface area contributed by atoms with Crippen LogP contribution in [0, 0.1) is 0 Å². The Balaban J connectivity index is 1.31. The minimum atomic E-state index is -0.0448. The molecule has 1 aliphatic rings. The molecule has 1 atom stereocenters. The Kier molecular flexibility index (Phi) is 8.16. The molecule has 1 fully saturated rings. The lowest BCUT2D eigenvalue weighted by Gasteiger charge is -2.31. The number of hydrogen-bond acceptors (Lipinski definition) is 7. The molecular formula is C26H31N3O4S. The second-order valence-electron chi connectivity index (χ2n) is 8.40. The van der Waals surface area contributed by atoms with Crippen molar-refractivity contribution < 1.29 is 19.0 Å². The fraction of sp³-hybridized carbons (Fsp3) is 0.385. The van der Waals surface area contributed by atoms with E-state index in [9.17, 15) is 4.79 Å². The number of benzene rings is 2.